The van der Waals surface area contributed by atoms with Crippen LogP contribution in [0.5, 0.6) is 0 Å². The molecule has 1 aliphatic carbocycles. The highest BCUT2D eigenvalue weighted by Crippen LogP contribution is 2.26. The molecule has 1 nitrogen and oxygen atoms in total. The van der Waals surface area contributed by atoms with Crippen molar-refractivity contribution in [1.29, 1.82) is 0 Å². The zero-order valence-corrected chi connectivity index (χ0v) is 14.6. The van der Waals surface area contributed by atoms with Crippen LogP contribution in [0, 0.1) is 13.8 Å². The Hall–Kier alpha value is -1.60. The Morgan fingerprint density at radius 1 is 0.739 bits per heavy atom. The van der Waals surface area contributed by atoms with Crippen molar-refractivity contribution >= 4 is 0 Å². The van der Waals surface area contributed by atoms with Gasteiger partial charge < -0.3 is 5.32 Å². The summed E-state index contributed by atoms with van der Waals surface area (Å²) in [5.74, 6) is 0. The van der Waals surface area contributed by atoms with Crippen molar-refractivity contribution in [2.24, 2.45) is 0 Å². The molecule has 0 heterocycles. The Kier molecular flexibility index (Phi) is 5.51. The minimum Gasteiger partial charge on any atom is -0.309 e. The number of aryl methyl sites for hydroxylation is 2. The summed E-state index contributed by atoms with van der Waals surface area (Å²) in [6.45, 7) is 6.35. The van der Waals surface area contributed by atoms with Gasteiger partial charge in [0.2, 0.25) is 0 Å². The third-order valence-corrected chi connectivity index (χ3v) is 5.13. The van der Waals surface area contributed by atoms with E-state index in [0.717, 1.165) is 13.1 Å². The van der Waals surface area contributed by atoms with Gasteiger partial charge in [0.05, 0.1) is 0 Å². The topological polar surface area (TPSA) is 12.0 Å². The Labute approximate surface area is 141 Å². The first-order chi connectivity index (χ1) is 11.2. The number of benzene rings is 2. The first kappa shape index (κ1) is 16.3. The van der Waals surface area contributed by atoms with E-state index in [1.807, 2.05) is 0 Å². The normalized spacial score (nSPS) is 14.9. The highest BCUT2D eigenvalue weighted by molar-refractivity contribution is 5.41. The molecule has 0 spiro atoms. The van der Waals surface area contributed by atoms with Crippen LogP contribution in [-0.2, 0) is 25.9 Å². The highest BCUT2D eigenvalue weighted by Gasteiger charge is 2.13. The zero-order valence-electron chi connectivity index (χ0n) is 14.6. The van der Waals surface area contributed by atoms with Gasteiger partial charge in [-0.05, 0) is 67.3 Å². The van der Waals surface area contributed by atoms with E-state index in [4.69, 9.17) is 0 Å². The van der Waals surface area contributed by atoms with Gasteiger partial charge in [-0.1, -0.05) is 54.8 Å². The summed E-state index contributed by atoms with van der Waals surface area (Å²) >= 11 is 0. The molecule has 3 rings (SSSR count). The molecule has 0 atom stereocenters. The average Bonchev–Trinajstić information content (AvgIpc) is 2.52. The predicted octanol–water partition coefficient (Wildman–Crippen LogP) is 5.25. The van der Waals surface area contributed by atoms with Crippen molar-refractivity contribution in [3.8, 4) is 0 Å². The lowest BCUT2D eigenvalue weighted by Gasteiger charge is -2.20. The predicted molar refractivity (Wildman–Crippen MR) is 98.8 cm³/mol. The van der Waals surface area contributed by atoms with E-state index in [1.54, 1.807) is 11.1 Å². The molecule has 1 heteroatoms. The van der Waals surface area contributed by atoms with E-state index in [1.165, 1.54) is 60.8 Å². The third kappa shape index (κ3) is 4.23. The molecular formula is C22H29N. The molecule has 2 aromatic carbocycles. The summed E-state index contributed by atoms with van der Waals surface area (Å²) < 4.78 is 0. The molecule has 0 aliphatic heterocycles. The van der Waals surface area contributed by atoms with Gasteiger partial charge in [-0.25, -0.2) is 0 Å². The lowest BCUT2D eigenvalue weighted by molar-refractivity contribution is 0.606. The molecular weight excluding hydrogens is 278 g/mol. The quantitative estimate of drug-likeness (QED) is 0.813. The monoisotopic (exact) mass is 307 g/mol. The van der Waals surface area contributed by atoms with E-state index < -0.39 is 0 Å². The third-order valence-electron chi connectivity index (χ3n) is 5.13. The molecule has 0 aromatic heterocycles. The standard InChI is InChI=1S/C22H29N/c1-17-9-12-19(13-10-17)15-23-16-20-14-11-18(2)21-7-5-3-4-6-8-22(20)21/h9-14,23H,3-8,15-16H2,1-2H3. The van der Waals surface area contributed by atoms with E-state index in [9.17, 15) is 0 Å². The fraction of sp³-hybridized carbons (Fsp3) is 0.455. The van der Waals surface area contributed by atoms with Crippen LogP contribution in [0.25, 0.3) is 0 Å². The Morgan fingerprint density at radius 2 is 1.43 bits per heavy atom. The fourth-order valence-corrected chi connectivity index (χ4v) is 3.69. The fourth-order valence-electron chi connectivity index (χ4n) is 3.69. The van der Waals surface area contributed by atoms with E-state index >= 15 is 0 Å². The van der Waals surface area contributed by atoms with Gasteiger partial charge in [0.25, 0.3) is 0 Å². The highest BCUT2D eigenvalue weighted by atomic mass is 14.8. The zero-order chi connectivity index (χ0) is 16.1. The summed E-state index contributed by atoms with van der Waals surface area (Å²) in [7, 11) is 0. The summed E-state index contributed by atoms with van der Waals surface area (Å²) in [4.78, 5) is 0. The molecule has 23 heavy (non-hydrogen) atoms. The second kappa shape index (κ2) is 7.79. The molecule has 0 saturated carbocycles. The van der Waals surface area contributed by atoms with Crippen molar-refractivity contribution in [3.63, 3.8) is 0 Å². The largest absolute Gasteiger partial charge is 0.309 e. The van der Waals surface area contributed by atoms with Crippen LogP contribution in [0.1, 0.15) is 59.1 Å². The van der Waals surface area contributed by atoms with Crippen molar-refractivity contribution < 1.29 is 0 Å². The molecule has 2 aromatic rings. The van der Waals surface area contributed by atoms with Crippen molar-refractivity contribution in [1.82, 2.24) is 5.32 Å². The number of rotatable bonds is 4. The van der Waals surface area contributed by atoms with E-state index in [2.05, 4.69) is 55.6 Å². The van der Waals surface area contributed by atoms with Crippen LogP contribution in [0.15, 0.2) is 36.4 Å². The van der Waals surface area contributed by atoms with Crippen molar-refractivity contribution in [2.45, 2.75) is 65.5 Å². The average molecular weight is 307 g/mol. The van der Waals surface area contributed by atoms with Gasteiger partial charge >= 0.3 is 0 Å². The van der Waals surface area contributed by atoms with Crippen LogP contribution >= 0.6 is 0 Å². The maximum atomic E-state index is 3.64. The smallest absolute Gasteiger partial charge is 0.0211 e. The maximum Gasteiger partial charge on any atom is 0.0211 e. The SMILES string of the molecule is Cc1ccc(CNCc2ccc(C)c3c2CCCCCC3)cc1. The molecule has 0 fully saturated rings. The van der Waals surface area contributed by atoms with Crippen LogP contribution in [0.3, 0.4) is 0 Å². The molecule has 0 amide bonds. The number of hydrogen-bond acceptors (Lipinski definition) is 1. The first-order valence-corrected chi connectivity index (χ1v) is 9.10. The van der Waals surface area contributed by atoms with Gasteiger partial charge in [0.1, 0.15) is 0 Å². The Morgan fingerprint density at radius 3 is 2.17 bits per heavy atom. The molecule has 1 N–H and O–H groups in total. The molecule has 1 aliphatic rings. The van der Waals surface area contributed by atoms with Gasteiger partial charge in [0, 0.05) is 13.1 Å². The maximum absolute atomic E-state index is 3.64. The summed E-state index contributed by atoms with van der Waals surface area (Å²) in [5, 5.41) is 3.64. The molecule has 0 radical (unpaired) electrons. The van der Waals surface area contributed by atoms with Crippen LogP contribution in [0.2, 0.25) is 0 Å². The lowest BCUT2D eigenvalue weighted by Crippen LogP contribution is -2.16. The van der Waals surface area contributed by atoms with Gasteiger partial charge in [0.15, 0.2) is 0 Å². The summed E-state index contributed by atoms with van der Waals surface area (Å²) in [6, 6.07) is 13.5. The molecule has 122 valence electrons. The number of fused-ring (bicyclic) bond motifs is 1. The lowest BCUT2D eigenvalue weighted by atomic mass is 9.87. The number of nitrogens with one attached hydrogen (secondary N) is 1. The van der Waals surface area contributed by atoms with Gasteiger partial charge in [-0.2, -0.15) is 0 Å². The molecule has 0 unspecified atom stereocenters. The minimum absolute atomic E-state index is 0.947. The van der Waals surface area contributed by atoms with Crippen LogP contribution in [0.4, 0.5) is 0 Å². The minimum atomic E-state index is 0.947. The first-order valence-electron chi connectivity index (χ1n) is 9.10. The Balaban J connectivity index is 1.69. The second-order valence-corrected chi connectivity index (χ2v) is 7.00. The van der Waals surface area contributed by atoms with Gasteiger partial charge in [-0.3, -0.25) is 0 Å². The van der Waals surface area contributed by atoms with E-state index in [-0.39, 0.29) is 0 Å². The second-order valence-electron chi connectivity index (χ2n) is 7.00. The van der Waals surface area contributed by atoms with Crippen LogP contribution < -0.4 is 5.32 Å². The number of hydrogen-bond donors (Lipinski definition) is 1. The summed E-state index contributed by atoms with van der Waals surface area (Å²) in [5.41, 5.74) is 8.98. The van der Waals surface area contributed by atoms with E-state index in [0.29, 0.717) is 0 Å². The van der Waals surface area contributed by atoms with Crippen molar-refractivity contribution in [2.75, 3.05) is 0 Å². The molecule has 0 bridgehead atoms. The van der Waals surface area contributed by atoms with Crippen LogP contribution in [-0.4, -0.2) is 0 Å². The summed E-state index contributed by atoms with van der Waals surface area (Å²) in [6.07, 6.45) is 8.03. The Bertz CT molecular complexity index is 640. The molecule has 0 saturated heterocycles. The van der Waals surface area contributed by atoms with Gasteiger partial charge in [-0.15, -0.1) is 0 Å². The van der Waals surface area contributed by atoms with Crippen molar-refractivity contribution in [3.05, 3.63) is 69.8 Å².